The Balaban J connectivity index is 0.000000492. The fourth-order valence-corrected chi connectivity index (χ4v) is 3.54. The van der Waals surface area contributed by atoms with Gasteiger partial charge in [-0.3, -0.25) is 0 Å². The van der Waals surface area contributed by atoms with Gasteiger partial charge in [0.15, 0.2) is 0 Å². The van der Waals surface area contributed by atoms with Crippen molar-refractivity contribution in [3.63, 3.8) is 0 Å². The van der Waals surface area contributed by atoms with E-state index >= 15 is 0 Å². The molecule has 34 heavy (non-hydrogen) atoms. The maximum atomic E-state index is 5.68. The van der Waals surface area contributed by atoms with E-state index in [1.165, 1.54) is 10.8 Å². The van der Waals surface area contributed by atoms with Gasteiger partial charge in [0.05, 0.1) is 36.0 Å². The van der Waals surface area contributed by atoms with Gasteiger partial charge in [-0.15, -0.1) is 12.8 Å². The normalized spacial score (nSPS) is 10.6. The lowest BCUT2D eigenvalue weighted by atomic mass is 9.99. The topological polar surface area (TPSA) is 109 Å². The highest BCUT2D eigenvalue weighted by Gasteiger charge is 2.07. The first kappa shape index (κ1) is 24.7. The lowest BCUT2D eigenvalue weighted by molar-refractivity contribution is 0.737. The molecule has 0 bridgehead atoms. The maximum absolute atomic E-state index is 5.68. The van der Waals surface area contributed by atoms with E-state index in [1.54, 1.807) is 0 Å². The second kappa shape index (κ2) is 11.3. The van der Waals surface area contributed by atoms with Crippen LogP contribution in [0.1, 0.15) is 32.4 Å². The third-order valence-corrected chi connectivity index (χ3v) is 5.03. The molecule has 6 N–H and O–H groups in total. The van der Waals surface area contributed by atoms with Crippen LogP contribution in [0.4, 0.5) is 0 Å². The second-order valence-corrected chi connectivity index (χ2v) is 8.58. The van der Waals surface area contributed by atoms with Crippen LogP contribution in [-0.4, -0.2) is 19.9 Å². The number of terminal acetylenes is 1. The molecule has 0 spiro atoms. The average molecular weight is 453 g/mol. The summed E-state index contributed by atoms with van der Waals surface area (Å²) < 4.78 is 0. The van der Waals surface area contributed by atoms with E-state index in [2.05, 4.69) is 102 Å². The minimum atomic E-state index is 0.407. The zero-order valence-electron chi connectivity index (χ0n) is 20.0. The standard InChI is InChI=1S/C22H20N6.C4H10.C2H2/c23-10-21-25-12-20(28-21)17-4-3-13-7-14(1-2-15(13)8-17)16-5-6-18-19(9-16)27-22(11-24)26-18;1-4(2)3;1-2/h1-9,12H,10-11,23-24H2,(H,25,28)(H,26,27);4H,1-3H3;1-2H. The molecule has 0 aliphatic carbocycles. The van der Waals surface area contributed by atoms with Crippen LogP contribution >= 0.6 is 0 Å². The monoisotopic (exact) mass is 452 g/mol. The summed E-state index contributed by atoms with van der Waals surface area (Å²) in [7, 11) is 0. The lowest BCUT2D eigenvalue weighted by Gasteiger charge is -2.06. The molecule has 0 saturated carbocycles. The summed E-state index contributed by atoms with van der Waals surface area (Å²) >= 11 is 0. The number of nitrogens with zero attached hydrogens (tertiary/aromatic N) is 2. The van der Waals surface area contributed by atoms with Crippen LogP contribution in [0.3, 0.4) is 0 Å². The van der Waals surface area contributed by atoms with E-state index in [-0.39, 0.29) is 0 Å². The van der Waals surface area contributed by atoms with Crippen molar-refractivity contribution >= 4 is 21.8 Å². The van der Waals surface area contributed by atoms with Gasteiger partial charge in [0, 0.05) is 5.56 Å². The van der Waals surface area contributed by atoms with Crippen LogP contribution < -0.4 is 11.5 Å². The molecule has 0 aliphatic heterocycles. The summed E-state index contributed by atoms with van der Waals surface area (Å²) in [4.78, 5) is 15.3. The third-order valence-electron chi connectivity index (χ3n) is 5.03. The zero-order valence-corrected chi connectivity index (χ0v) is 20.0. The molecule has 3 aromatic carbocycles. The second-order valence-electron chi connectivity index (χ2n) is 8.58. The minimum Gasteiger partial charge on any atom is -0.341 e. The van der Waals surface area contributed by atoms with E-state index in [0.29, 0.717) is 13.1 Å². The van der Waals surface area contributed by atoms with Gasteiger partial charge in [-0.1, -0.05) is 51.1 Å². The molecule has 5 aromatic rings. The van der Waals surface area contributed by atoms with E-state index in [4.69, 9.17) is 11.5 Å². The maximum Gasteiger partial charge on any atom is 0.121 e. The number of aromatic amines is 2. The van der Waals surface area contributed by atoms with Crippen molar-refractivity contribution in [1.82, 2.24) is 19.9 Å². The molecule has 5 rings (SSSR count). The quantitative estimate of drug-likeness (QED) is 0.266. The van der Waals surface area contributed by atoms with Crippen LogP contribution in [0.2, 0.25) is 0 Å². The number of aromatic nitrogens is 4. The van der Waals surface area contributed by atoms with Crippen molar-refractivity contribution in [3.8, 4) is 35.2 Å². The van der Waals surface area contributed by atoms with Gasteiger partial charge in [0.1, 0.15) is 11.6 Å². The summed E-state index contributed by atoms with van der Waals surface area (Å²) in [5.41, 5.74) is 17.6. The number of imidazole rings is 2. The molecule has 2 heterocycles. The molecule has 0 unspecified atom stereocenters. The SMILES string of the molecule is C#C.CC(C)C.NCc1ncc(-c2ccc3cc(-c4ccc5nc(CN)[nH]c5c4)ccc3c2)[nH]1. The number of fused-ring (bicyclic) bond motifs is 2. The molecule has 2 aromatic heterocycles. The van der Waals surface area contributed by atoms with Gasteiger partial charge in [0.2, 0.25) is 0 Å². The summed E-state index contributed by atoms with van der Waals surface area (Å²) in [6, 6.07) is 19.2. The van der Waals surface area contributed by atoms with Gasteiger partial charge >= 0.3 is 0 Å². The Kier molecular flexibility index (Phi) is 8.20. The Hall–Kier alpha value is -3.92. The van der Waals surface area contributed by atoms with E-state index < -0.39 is 0 Å². The van der Waals surface area contributed by atoms with Crippen molar-refractivity contribution in [2.24, 2.45) is 17.4 Å². The van der Waals surface area contributed by atoms with Gasteiger partial charge in [-0.05, 0) is 52.1 Å². The first-order chi connectivity index (χ1) is 16.5. The average Bonchev–Trinajstić information content (AvgIpc) is 3.50. The van der Waals surface area contributed by atoms with Gasteiger partial charge < -0.3 is 21.4 Å². The first-order valence-corrected chi connectivity index (χ1v) is 11.3. The largest absolute Gasteiger partial charge is 0.341 e. The highest BCUT2D eigenvalue weighted by molar-refractivity contribution is 5.91. The molecule has 174 valence electrons. The van der Waals surface area contributed by atoms with Crippen molar-refractivity contribution in [3.05, 3.63) is 72.4 Å². The number of nitrogens with two attached hydrogens (primary N) is 2. The number of benzene rings is 3. The predicted octanol–water partition coefficient (Wildman–Crippen LogP) is 5.60. The van der Waals surface area contributed by atoms with E-state index in [9.17, 15) is 0 Å². The van der Waals surface area contributed by atoms with Gasteiger partial charge in [-0.2, -0.15) is 0 Å². The molecule has 0 saturated heterocycles. The van der Waals surface area contributed by atoms with Gasteiger partial charge in [0.25, 0.3) is 0 Å². The molecule has 0 amide bonds. The molecular formula is C28H32N6. The molecule has 0 radical (unpaired) electrons. The Morgan fingerprint density at radius 3 is 1.94 bits per heavy atom. The summed E-state index contributed by atoms with van der Waals surface area (Å²) in [5, 5.41) is 2.37. The molecular weight excluding hydrogens is 420 g/mol. The number of hydrogen-bond acceptors (Lipinski definition) is 4. The Bertz CT molecular complexity index is 1390. The minimum absolute atomic E-state index is 0.407. The fraction of sp³-hybridized carbons (Fsp3) is 0.214. The van der Waals surface area contributed by atoms with Crippen molar-refractivity contribution < 1.29 is 0 Å². The number of rotatable bonds is 4. The molecule has 0 aliphatic rings. The van der Waals surface area contributed by atoms with Crippen molar-refractivity contribution in [2.45, 2.75) is 33.9 Å². The van der Waals surface area contributed by atoms with Crippen LogP contribution in [0.15, 0.2) is 60.8 Å². The van der Waals surface area contributed by atoms with Crippen LogP contribution in [0.25, 0.3) is 44.2 Å². The van der Waals surface area contributed by atoms with Crippen LogP contribution in [-0.2, 0) is 13.1 Å². The summed E-state index contributed by atoms with van der Waals surface area (Å²) in [6.07, 6.45) is 9.83. The van der Waals surface area contributed by atoms with Crippen LogP contribution in [0.5, 0.6) is 0 Å². The summed E-state index contributed by atoms with van der Waals surface area (Å²) in [5.74, 6) is 2.42. The van der Waals surface area contributed by atoms with Gasteiger partial charge in [-0.25, -0.2) is 9.97 Å². The van der Waals surface area contributed by atoms with E-state index in [1.807, 2.05) is 12.3 Å². The van der Waals surface area contributed by atoms with Crippen LogP contribution in [0, 0.1) is 18.8 Å². The molecule has 6 heteroatoms. The molecule has 0 fully saturated rings. The molecule has 0 atom stereocenters. The van der Waals surface area contributed by atoms with Crippen molar-refractivity contribution in [2.75, 3.05) is 0 Å². The lowest BCUT2D eigenvalue weighted by Crippen LogP contribution is -1.97. The highest BCUT2D eigenvalue weighted by atomic mass is 14.9. The van der Waals surface area contributed by atoms with E-state index in [0.717, 1.165) is 51.0 Å². The smallest absolute Gasteiger partial charge is 0.121 e. The number of nitrogens with one attached hydrogen (secondary N) is 2. The fourth-order valence-electron chi connectivity index (χ4n) is 3.54. The summed E-state index contributed by atoms with van der Waals surface area (Å²) in [6.45, 7) is 7.32. The Morgan fingerprint density at radius 1 is 0.765 bits per heavy atom. The number of H-pyrrole nitrogens is 2. The third kappa shape index (κ3) is 5.70. The Morgan fingerprint density at radius 2 is 1.32 bits per heavy atom. The zero-order chi connectivity index (χ0) is 24.7. The number of hydrogen-bond donors (Lipinski definition) is 4. The van der Waals surface area contributed by atoms with Crippen molar-refractivity contribution in [1.29, 1.82) is 0 Å². The molecule has 6 nitrogen and oxygen atoms in total. The predicted molar refractivity (Wildman–Crippen MR) is 143 cm³/mol. The first-order valence-electron chi connectivity index (χ1n) is 11.3. The Labute approximate surface area is 200 Å². The highest BCUT2D eigenvalue weighted by Crippen LogP contribution is 2.29.